The van der Waals surface area contributed by atoms with Gasteiger partial charge in [0.1, 0.15) is 0 Å². The normalized spacial score (nSPS) is 12.4. The zero-order valence-electron chi connectivity index (χ0n) is 11.0. The molecule has 0 saturated heterocycles. The van der Waals surface area contributed by atoms with E-state index < -0.39 is 5.60 Å². The summed E-state index contributed by atoms with van der Waals surface area (Å²) in [5, 5.41) is 13.7. The Kier molecular flexibility index (Phi) is 8.07. The molecule has 15 heavy (non-hydrogen) atoms. The van der Waals surface area contributed by atoms with Gasteiger partial charge in [0, 0.05) is 12.6 Å². The third-order valence-corrected chi connectivity index (χ3v) is 3.31. The summed E-state index contributed by atoms with van der Waals surface area (Å²) in [5.74, 6) is 0. The van der Waals surface area contributed by atoms with Gasteiger partial charge in [0.2, 0.25) is 0 Å². The fraction of sp³-hybridized carbons (Fsp3) is 1.00. The minimum absolute atomic E-state index is 0.500. The maximum absolute atomic E-state index is 10.2. The third kappa shape index (κ3) is 6.16. The number of nitrogens with one attached hydrogen (secondary N) is 1. The summed E-state index contributed by atoms with van der Waals surface area (Å²) in [6.45, 7) is 9.29. The second-order valence-corrected chi connectivity index (χ2v) is 4.59. The Morgan fingerprint density at radius 3 is 1.80 bits per heavy atom. The number of hydrogen-bond acceptors (Lipinski definition) is 2. The Balaban J connectivity index is 3.95. The maximum atomic E-state index is 10.2. The van der Waals surface area contributed by atoms with E-state index in [1.165, 1.54) is 25.7 Å². The molecule has 2 heteroatoms. The van der Waals surface area contributed by atoms with E-state index in [4.69, 9.17) is 0 Å². The molecule has 0 amide bonds. The van der Waals surface area contributed by atoms with Crippen molar-refractivity contribution in [2.45, 2.75) is 77.9 Å². The van der Waals surface area contributed by atoms with Gasteiger partial charge in [0.25, 0.3) is 0 Å². The van der Waals surface area contributed by atoms with Gasteiger partial charge in [0.15, 0.2) is 0 Å². The molecule has 0 heterocycles. The average molecular weight is 215 g/mol. The fourth-order valence-electron chi connectivity index (χ4n) is 1.88. The van der Waals surface area contributed by atoms with Crippen LogP contribution in [0.5, 0.6) is 0 Å². The Hall–Kier alpha value is -0.0800. The van der Waals surface area contributed by atoms with Crippen molar-refractivity contribution in [2.75, 3.05) is 6.54 Å². The van der Waals surface area contributed by atoms with E-state index in [2.05, 4.69) is 33.0 Å². The zero-order valence-corrected chi connectivity index (χ0v) is 11.0. The van der Waals surface area contributed by atoms with E-state index in [-0.39, 0.29) is 0 Å². The standard InChI is InChI=1S/C13H29NO/c1-5-9-12(10-6-2)14-11-13(15,7-3)8-4/h12,14-15H,5-11H2,1-4H3. The van der Waals surface area contributed by atoms with Gasteiger partial charge in [-0.05, 0) is 25.7 Å². The molecule has 2 N–H and O–H groups in total. The SMILES string of the molecule is CCCC(CCC)NCC(O)(CC)CC. The van der Waals surface area contributed by atoms with Crippen molar-refractivity contribution in [2.24, 2.45) is 0 Å². The van der Waals surface area contributed by atoms with Crippen LogP contribution in [0.1, 0.15) is 66.2 Å². The predicted octanol–water partition coefficient (Wildman–Crippen LogP) is 3.10. The van der Waals surface area contributed by atoms with Gasteiger partial charge in [-0.1, -0.05) is 40.5 Å². The first-order valence-electron chi connectivity index (χ1n) is 6.57. The molecule has 0 aromatic carbocycles. The highest BCUT2D eigenvalue weighted by Crippen LogP contribution is 2.14. The van der Waals surface area contributed by atoms with Crippen LogP contribution in [0.25, 0.3) is 0 Å². The van der Waals surface area contributed by atoms with Gasteiger partial charge in [-0.25, -0.2) is 0 Å². The molecule has 0 aliphatic rings. The molecule has 0 aliphatic heterocycles. The summed E-state index contributed by atoms with van der Waals surface area (Å²) >= 11 is 0. The largest absolute Gasteiger partial charge is 0.389 e. The van der Waals surface area contributed by atoms with Crippen LogP contribution in [-0.2, 0) is 0 Å². The first kappa shape index (κ1) is 14.9. The molecule has 2 nitrogen and oxygen atoms in total. The van der Waals surface area contributed by atoms with Crippen LogP contribution in [0.2, 0.25) is 0 Å². The van der Waals surface area contributed by atoms with Gasteiger partial charge in [-0.15, -0.1) is 0 Å². The van der Waals surface area contributed by atoms with Crippen LogP contribution >= 0.6 is 0 Å². The van der Waals surface area contributed by atoms with E-state index in [0.29, 0.717) is 6.04 Å². The lowest BCUT2D eigenvalue weighted by molar-refractivity contribution is 0.0292. The summed E-state index contributed by atoms with van der Waals surface area (Å²) in [4.78, 5) is 0. The molecule has 0 bridgehead atoms. The molecule has 0 saturated carbocycles. The van der Waals surface area contributed by atoms with E-state index in [0.717, 1.165) is 19.4 Å². The topological polar surface area (TPSA) is 32.3 Å². The lowest BCUT2D eigenvalue weighted by Gasteiger charge is -2.28. The van der Waals surface area contributed by atoms with Crippen molar-refractivity contribution in [1.82, 2.24) is 5.32 Å². The first-order chi connectivity index (χ1) is 7.11. The minimum Gasteiger partial charge on any atom is -0.389 e. The van der Waals surface area contributed by atoms with Crippen LogP contribution < -0.4 is 5.32 Å². The second-order valence-electron chi connectivity index (χ2n) is 4.59. The molecule has 0 aromatic heterocycles. The minimum atomic E-state index is -0.500. The molecule has 0 spiro atoms. The van der Waals surface area contributed by atoms with Gasteiger partial charge in [-0.3, -0.25) is 0 Å². The first-order valence-corrected chi connectivity index (χ1v) is 6.57. The molecular weight excluding hydrogens is 186 g/mol. The summed E-state index contributed by atoms with van der Waals surface area (Å²) in [7, 11) is 0. The second kappa shape index (κ2) is 8.12. The van der Waals surface area contributed by atoms with E-state index in [1.54, 1.807) is 0 Å². The molecule has 0 aliphatic carbocycles. The lowest BCUT2D eigenvalue weighted by atomic mass is 9.96. The highest BCUT2D eigenvalue weighted by molar-refractivity contribution is 4.80. The average Bonchev–Trinajstić information content (AvgIpc) is 2.26. The van der Waals surface area contributed by atoms with E-state index in [9.17, 15) is 5.11 Å². The highest BCUT2D eigenvalue weighted by Gasteiger charge is 2.22. The summed E-state index contributed by atoms with van der Waals surface area (Å²) in [5.41, 5.74) is -0.500. The van der Waals surface area contributed by atoms with Crippen molar-refractivity contribution < 1.29 is 5.11 Å². The van der Waals surface area contributed by atoms with Gasteiger partial charge in [-0.2, -0.15) is 0 Å². The van der Waals surface area contributed by atoms with Crippen molar-refractivity contribution >= 4 is 0 Å². The molecule has 0 unspecified atom stereocenters. The van der Waals surface area contributed by atoms with Crippen molar-refractivity contribution in [1.29, 1.82) is 0 Å². The van der Waals surface area contributed by atoms with Gasteiger partial charge in [0.05, 0.1) is 5.60 Å². The van der Waals surface area contributed by atoms with Crippen LogP contribution in [-0.4, -0.2) is 23.3 Å². The summed E-state index contributed by atoms with van der Waals surface area (Å²) < 4.78 is 0. The summed E-state index contributed by atoms with van der Waals surface area (Å²) in [6.07, 6.45) is 6.54. The van der Waals surface area contributed by atoms with Gasteiger partial charge >= 0.3 is 0 Å². The molecule has 0 aromatic rings. The molecule has 0 atom stereocenters. The fourth-order valence-corrected chi connectivity index (χ4v) is 1.88. The molecular formula is C13H29NO. The Morgan fingerprint density at radius 1 is 1.00 bits per heavy atom. The van der Waals surface area contributed by atoms with Crippen molar-refractivity contribution in [3.05, 3.63) is 0 Å². The highest BCUT2D eigenvalue weighted by atomic mass is 16.3. The quantitative estimate of drug-likeness (QED) is 0.619. The molecule has 0 fully saturated rings. The van der Waals surface area contributed by atoms with Crippen LogP contribution in [0, 0.1) is 0 Å². The molecule has 92 valence electrons. The van der Waals surface area contributed by atoms with E-state index in [1.807, 2.05) is 0 Å². The molecule has 0 radical (unpaired) electrons. The Bertz CT molecular complexity index is 137. The smallest absolute Gasteiger partial charge is 0.0766 e. The van der Waals surface area contributed by atoms with Crippen LogP contribution in [0.15, 0.2) is 0 Å². The third-order valence-electron chi connectivity index (χ3n) is 3.31. The van der Waals surface area contributed by atoms with Gasteiger partial charge < -0.3 is 10.4 Å². The van der Waals surface area contributed by atoms with Crippen LogP contribution in [0.3, 0.4) is 0 Å². The Labute approximate surface area is 95.5 Å². The predicted molar refractivity (Wildman–Crippen MR) is 67.1 cm³/mol. The Morgan fingerprint density at radius 2 is 1.47 bits per heavy atom. The van der Waals surface area contributed by atoms with Crippen LogP contribution in [0.4, 0.5) is 0 Å². The van der Waals surface area contributed by atoms with Crippen molar-refractivity contribution in [3.8, 4) is 0 Å². The summed E-state index contributed by atoms with van der Waals surface area (Å²) in [6, 6.07) is 0.588. The maximum Gasteiger partial charge on any atom is 0.0766 e. The lowest BCUT2D eigenvalue weighted by Crippen LogP contribution is -2.43. The zero-order chi connectivity index (χ0) is 11.7. The number of rotatable bonds is 9. The molecule has 0 rings (SSSR count). The number of aliphatic hydroxyl groups is 1. The van der Waals surface area contributed by atoms with E-state index >= 15 is 0 Å². The van der Waals surface area contributed by atoms with Crippen molar-refractivity contribution in [3.63, 3.8) is 0 Å². The number of hydrogen-bond donors (Lipinski definition) is 2. The monoisotopic (exact) mass is 215 g/mol.